The van der Waals surface area contributed by atoms with Gasteiger partial charge in [-0.3, -0.25) is 0 Å². The van der Waals surface area contributed by atoms with Crippen molar-refractivity contribution in [3.8, 4) is 0 Å². The minimum absolute atomic E-state index is 0.183. The number of nitrogens with two attached hydrogens (primary N) is 1. The van der Waals surface area contributed by atoms with Gasteiger partial charge in [0.25, 0.3) is 0 Å². The zero-order valence-corrected chi connectivity index (χ0v) is 13.5. The van der Waals surface area contributed by atoms with E-state index < -0.39 is 0 Å². The molecule has 2 aromatic rings. The van der Waals surface area contributed by atoms with E-state index in [0.717, 1.165) is 10.2 Å². The van der Waals surface area contributed by atoms with Crippen molar-refractivity contribution in [3.63, 3.8) is 0 Å². The maximum Gasteiger partial charge on any atom is 0.136 e. The van der Waals surface area contributed by atoms with Crippen molar-refractivity contribution in [2.45, 2.75) is 39.7 Å². The molecule has 0 saturated carbocycles. The number of hydrogen-bond donors (Lipinski definition) is 1. The van der Waals surface area contributed by atoms with Crippen LogP contribution in [-0.2, 0) is 12.0 Å². The van der Waals surface area contributed by atoms with E-state index in [-0.39, 0.29) is 5.41 Å². The Balaban J connectivity index is 2.22. The van der Waals surface area contributed by atoms with Crippen molar-refractivity contribution < 1.29 is 0 Å². The minimum Gasteiger partial charge on any atom is -0.383 e. The van der Waals surface area contributed by atoms with Crippen molar-refractivity contribution in [1.29, 1.82) is 0 Å². The van der Waals surface area contributed by atoms with E-state index in [9.17, 15) is 0 Å². The second-order valence-corrected chi connectivity index (χ2v) is 6.68. The summed E-state index contributed by atoms with van der Waals surface area (Å²) < 4.78 is 2.71. The zero-order chi connectivity index (χ0) is 14.2. The molecule has 0 amide bonds. The molecule has 0 saturated heterocycles. The highest BCUT2D eigenvalue weighted by molar-refractivity contribution is 9.10. The van der Waals surface area contributed by atoms with Crippen LogP contribution in [0.15, 0.2) is 28.7 Å². The van der Waals surface area contributed by atoms with Crippen LogP contribution in [0.2, 0.25) is 0 Å². The van der Waals surface area contributed by atoms with E-state index in [0.29, 0.717) is 12.4 Å². The Morgan fingerprint density at radius 3 is 2.21 bits per heavy atom. The van der Waals surface area contributed by atoms with Gasteiger partial charge in [0.1, 0.15) is 5.82 Å². The minimum atomic E-state index is 0.183. The van der Waals surface area contributed by atoms with Gasteiger partial charge in [0.2, 0.25) is 0 Å². The van der Waals surface area contributed by atoms with Crippen LogP contribution in [-0.4, -0.2) is 9.78 Å². The summed E-state index contributed by atoms with van der Waals surface area (Å²) in [6, 6.07) is 8.64. The van der Waals surface area contributed by atoms with Gasteiger partial charge in [0, 0.05) is 0 Å². The van der Waals surface area contributed by atoms with Crippen LogP contribution in [0, 0.1) is 6.92 Å². The fourth-order valence-electron chi connectivity index (χ4n) is 1.98. The van der Waals surface area contributed by atoms with Crippen molar-refractivity contribution in [3.05, 3.63) is 45.6 Å². The Hall–Kier alpha value is -1.29. The Kier molecular flexibility index (Phi) is 3.72. The van der Waals surface area contributed by atoms with E-state index in [2.05, 4.69) is 66.1 Å². The lowest BCUT2D eigenvalue weighted by molar-refractivity contribution is 0.589. The predicted octanol–water partition coefficient (Wildman–Crippen LogP) is 3.88. The first-order chi connectivity index (χ1) is 8.79. The maximum atomic E-state index is 6.00. The summed E-state index contributed by atoms with van der Waals surface area (Å²) in [5.74, 6) is 0.678. The number of nitrogens with zero attached hydrogens (tertiary/aromatic N) is 2. The van der Waals surface area contributed by atoms with E-state index >= 15 is 0 Å². The summed E-state index contributed by atoms with van der Waals surface area (Å²) in [6.45, 7) is 9.29. The van der Waals surface area contributed by atoms with Crippen LogP contribution in [0.5, 0.6) is 0 Å². The molecule has 4 heteroatoms. The second kappa shape index (κ2) is 5.00. The molecule has 0 fully saturated rings. The van der Waals surface area contributed by atoms with Crippen LogP contribution >= 0.6 is 15.9 Å². The highest BCUT2D eigenvalue weighted by Crippen LogP contribution is 2.25. The molecule has 102 valence electrons. The average Bonchev–Trinajstić information content (AvgIpc) is 2.57. The zero-order valence-electron chi connectivity index (χ0n) is 11.9. The molecule has 19 heavy (non-hydrogen) atoms. The number of aromatic nitrogens is 2. The van der Waals surface area contributed by atoms with Crippen molar-refractivity contribution in [2.24, 2.45) is 0 Å². The van der Waals surface area contributed by atoms with Gasteiger partial charge in [-0.05, 0) is 39.4 Å². The predicted molar refractivity (Wildman–Crippen MR) is 83.3 cm³/mol. The summed E-state index contributed by atoms with van der Waals surface area (Å²) in [5.41, 5.74) is 9.65. The molecule has 1 heterocycles. The van der Waals surface area contributed by atoms with Gasteiger partial charge in [0.15, 0.2) is 0 Å². The third-order valence-electron chi connectivity index (χ3n) is 3.24. The number of aryl methyl sites for hydroxylation is 1. The number of hydrogen-bond acceptors (Lipinski definition) is 2. The third-order valence-corrected chi connectivity index (χ3v) is 4.22. The molecule has 3 nitrogen and oxygen atoms in total. The Bertz CT molecular complexity index is 577. The Morgan fingerprint density at radius 1 is 1.21 bits per heavy atom. The van der Waals surface area contributed by atoms with Crippen LogP contribution in [0.4, 0.5) is 5.82 Å². The summed E-state index contributed by atoms with van der Waals surface area (Å²) in [5, 5.41) is 4.42. The van der Waals surface area contributed by atoms with Crippen molar-refractivity contribution >= 4 is 21.7 Å². The highest BCUT2D eigenvalue weighted by Gasteiger charge is 2.14. The number of anilines is 1. The van der Waals surface area contributed by atoms with Crippen LogP contribution in [0.25, 0.3) is 0 Å². The van der Waals surface area contributed by atoms with Gasteiger partial charge in [0.05, 0.1) is 16.7 Å². The van der Waals surface area contributed by atoms with E-state index in [1.165, 1.54) is 11.1 Å². The molecule has 0 atom stereocenters. The molecule has 1 aromatic carbocycles. The SMILES string of the molecule is Cc1nn(Cc2ccc(C(C)(C)C)cc2)c(N)c1Br. The van der Waals surface area contributed by atoms with E-state index in [1.54, 1.807) is 0 Å². The molecule has 2 N–H and O–H groups in total. The molecule has 0 aliphatic carbocycles. The maximum absolute atomic E-state index is 6.00. The summed E-state index contributed by atoms with van der Waals surface area (Å²) in [4.78, 5) is 0. The molecular weight excluding hydrogens is 302 g/mol. The standard InChI is InChI=1S/C15H20BrN3/c1-10-13(16)14(17)19(18-10)9-11-5-7-12(8-6-11)15(2,3)4/h5-8H,9,17H2,1-4H3. The number of nitrogen functional groups attached to an aromatic ring is 1. The highest BCUT2D eigenvalue weighted by atomic mass is 79.9. The van der Waals surface area contributed by atoms with Gasteiger partial charge in [-0.25, -0.2) is 4.68 Å². The van der Waals surface area contributed by atoms with E-state index in [4.69, 9.17) is 5.73 Å². The molecule has 1 aromatic heterocycles. The first kappa shape index (κ1) is 14.1. The molecule has 0 aliphatic rings. The van der Waals surface area contributed by atoms with Crippen LogP contribution < -0.4 is 5.73 Å². The van der Waals surface area contributed by atoms with Crippen molar-refractivity contribution in [1.82, 2.24) is 9.78 Å². The van der Waals surface area contributed by atoms with Gasteiger partial charge < -0.3 is 5.73 Å². The van der Waals surface area contributed by atoms with Crippen LogP contribution in [0.1, 0.15) is 37.6 Å². The van der Waals surface area contributed by atoms with Gasteiger partial charge in [-0.2, -0.15) is 5.10 Å². The molecular formula is C15H20BrN3. The molecule has 0 spiro atoms. The van der Waals surface area contributed by atoms with Gasteiger partial charge >= 0.3 is 0 Å². The first-order valence-electron chi connectivity index (χ1n) is 6.37. The molecule has 0 radical (unpaired) electrons. The smallest absolute Gasteiger partial charge is 0.136 e. The molecule has 2 rings (SSSR count). The normalized spacial score (nSPS) is 11.8. The number of rotatable bonds is 2. The summed E-state index contributed by atoms with van der Waals surface area (Å²) in [6.07, 6.45) is 0. The van der Waals surface area contributed by atoms with Crippen LogP contribution in [0.3, 0.4) is 0 Å². The Morgan fingerprint density at radius 2 is 1.79 bits per heavy atom. The first-order valence-corrected chi connectivity index (χ1v) is 7.16. The third kappa shape index (κ3) is 3.00. The van der Waals surface area contributed by atoms with Gasteiger partial charge in [-0.1, -0.05) is 45.0 Å². The quantitative estimate of drug-likeness (QED) is 0.912. The summed E-state index contributed by atoms with van der Waals surface area (Å²) >= 11 is 3.44. The average molecular weight is 322 g/mol. The largest absolute Gasteiger partial charge is 0.383 e. The van der Waals surface area contributed by atoms with E-state index in [1.807, 2.05) is 11.6 Å². The number of benzene rings is 1. The second-order valence-electron chi connectivity index (χ2n) is 5.89. The molecule has 0 unspecified atom stereocenters. The van der Waals surface area contributed by atoms with Crippen molar-refractivity contribution in [2.75, 3.05) is 5.73 Å². The lowest BCUT2D eigenvalue weighted by Crippen LogP contribution is -2.11. The number of halogens is 1. The fraction of sp³-hybridized carbons (Fsp3) is 0.400. The summed E-state index contributed by atoms with van der Waals surface area (Å²) in [7, 11) is 0. The fourth-order valence-corrected chi connectivity index (χ4v) is 2.27. The Labute approximate surface area is 122 Å². The topological polar surface area (TPSA) is 43.8 Å². The van der Waals surface area contributed by atoms with Gasteiger partial charge in [-0.15, -0.1) is 0 Å². The lowest BCUT2D eigenvalue weighted by Gasteiger charge is -2.19. The lowest BCUT2D eigenvalue weighted by atomic mass is 9.87. The molecule has 0 aliphatic heterocycles. The monoisotopic (exact) mass is 321 g/mol. The molecule has 0 bridgehead atoms.